The first kappa shape index (κ1) is 17.4. The molecule has 6 heteroatoms. The van der Waals surface area contributed by atoms with Gasteiger partial charge in [0.1, 0.15) is 13.2 Å². The van der Waals surface area contributed by atoms with Crippen molar-refractivity contribution in [2.24, 2.45) is 0 Å². The van der Waals surface area contributed by atoms with E-state index in [1.165, 1.54) is 0 Å². The standard InChI is InChI=1S/C21H22N2O4/c24-20(14-15-3-8-18-19(13-15)27-12-11-26-18)22-17-6-4-16(5-7-17)21(25)23-9-1-2-10-23/h3-8,13H,1-2,9-12,14H2,(H,22,24). The zero-order valence-electron chi connectivity index (χ0n) is 15.1. The van der Waals surface area contributed by atoms with Crippen LogP contribution in [0.15, 0.2) is 42.5 Å². The van der Waals surface area contributed by atoms with E-state index in [9.17, 15) is 9.59 Å². The fourth-order valence-corrected chi connectivity index (χ4v) is 3.39. The summed E-state index contributed by atoms with van der Waals surface area (Å²) in [5, 5.41) is 2.87. The number of hydrogen-bond acceptors (Lipinski definition) is 4. The Morgan fingerprint density at radius 2 is 1.63 bits per heavy atom. The molecule has 140 valence electrons. The third-order valence-corrected chi connectivity index (χ3v) is 4.78. The molecule has 2 aromatic rings. The van der Waals surface area contributed by atoms with E-state index in [1.54, 1.807) is 24.3 Å². The smallest absolute Gasteiger partial charge is 0.253 e. The van der Waals surface area contributed by atoms with Crippen molar-refractivity contribution in [1.82, 2.24) is 4.90 Å². The van der Waals surface area contributed by atoms with Gasteiger partial charge in [-0.3, -0.25) is 9.59 Å². The minimum Gasteiger partial charge on any atom is -0.486 e. The predicted octanol–water partition coefficient (Wildman–Crippen LogP) is 2.88. The Kier molecular flexibility index (Phi) is 4.96. The van der Waals surface area contributed by atoms with E-state index >= 15 is 0 Å². The number of carbonyl (C=O) groups excluding carboxylic acids is 2. The summed E-state index contributed by atoms with van der Waals surface area (Å²) < 4.78 is 11.0. The highest BCUT2D eigenvalue weighted by Gasteiger charge is 2.19. The molecule has 4 rings (SSSR count). The van der Waals surface area contributed by atoms with Crippen LogP contribution < -0.4 is 14.8 Å². The molecular weight excluding hydrogens is 344 g/mol. The van der Waals surface area contributed by atoms with Gasteiger partial charge in [0, 0.05) is 24.3 Å². The first-order valence-electron chi connectivity index (χ1n) is 9.27. The average molecular weight is 366 g/mol. The Morgan fingerprint density at radius 1 is 0.926 bits per heavy atom. The molecule has 1 saturated heterocycles. The summed E-state index contributed by atoms with van der Waals surface area (Å²) in [5.74, 6) is 1.33. The van der Waals surface area contributed by atoms with Gasteiger partial charge in [-0.05, 0) is 54.8 Å². The largest absolute Gasteiger partial charge is 0.486 e. The summed E-state index contributed by atoms with van der Waals surface area (Å²) in [7, 11) is 0. The third kappa shape index (κ3) is 4.05. The molecule has 0 unspecified atom stereocenters. The maximum absolute atomic E-state index is 12.4. The number of anilines is 1. The van der Waals surface area contributed by atoms with Gasteiger partial charge in [0.05, 0.1) is 6.42 Å². The third-order valence-electron chi connectivity index (χ3n) is 4.78. The lowest BCUT2D eigenvalue weighted by Gasteiger charge is -2.18. The molecule has 1 N–H and O–H groups in total. The molecule has 1 fully saturated rings. The van der Waals surface area contributed by atoms with Crippen LogP contribution in [-0.4, -0.2) is 43.0 Å². The number of rotatable bonds is 4. The lowest BCUT2D eigenvalue weighted by Crippen LogP contribution is -2.27. The van der Waals surface area contributed by atoms with Crippen LogP contribution in [0.25, 0.3) is 0 Å². The second-order valence-corrected chi connectivity index (χ2v) is 6.78. The van der Waals surface area contributed by atoms with Gasteiger partial charge < -0.3 is 19.7 Å². The van der Waals surface area contributed by atoms with Crippen LogP contribution in [0.1, 0.15) is 28.8 Å². The van der Waals surface area contributed by atoms with E-state index < -0.39 is 0 Å². The maximum atomic E-state index is 12.4. The Bertz CT molecular complexity index is 842. The number of ether oxygens (including phenoxy) is 2. The molecule has 27 heavy (non-hydrogen) atoms. The van der Waals surface area contributed by atoms with Crippen LogP contribution >= 0.6 is 0 Å². The molecule has 0 aromatic heterocycles. The van der Waals surface area contributed by atoms with Gasteiger partial charge in [-0.25, -0.2) is 0 Å². The number of nitrogens with one attached hydrogen (secondary N) is 1. The number of nitrogens with zero attached hydrogens (tertiary/aromatic N) is 1. The van der Waals surface area contributed by atoms with E-state index in [1.807, 2.05) is 23.1 Å². The number of carbonyl (C=O) groups is 2. The highest BCUT2D eigenvalue weighted by molar-refractivity contribution is 5.96. The number of amides is 2. The number of benzene rings is 2. The Balaban J connectivity index is 1.36. The second-order valence-electron chi connectivity index (χ2n) is 6.78. The minimum absolute atomic E-state index is 0.0571. The van der Waals surface area contributed by atoms with Crippen LogP contribution in [0.5, 0.6) is 11.5 Å². The van der Waals surface area contributed by atoms with E-state index in [4.69, 9.17) is 9.47 Å². The molecular formula is C21H22N2O4. The Morgan fingerprint density at radius 3 is 2.37 bits per heavy atom. The van der Waals surface area contributed by atoms with Crippen LogP contribution in [0, 0.1) is 0 Å². The van der Waals surface area contributed by atoms with Gasteiger partial charge in [0.25, 0.3) is 5.91 Å². The molecule has 0 radical (unpaired) electrons. The monoisotopic (exact) mass is 366 g/mol. The summed E-state index contributed by atoms with van der Waals surface area (Å²) in [5.41, 5.74) is 2.19. The first-order valence-corrected chi connectivity index (χ1v) is 9.27. The summed E-state index contributed by atoms with van der Waals surface area (Å²) >= 11 is 0. The average Bonchev–Trinajstić information content (AvgIpc) is 3.23. The molecule has 0 saturated carbocycles. The SMILES string of the molecule is O=C(Cc1ccc2c(c1)OCCO2)Nc1ccc(C(=O)N2CCCC2)cc1. The summed E-state index contributed by atoms with van der Waals surface area (Å²) in [6.45, 7) is 2.72. The zero-order valence-corrected chi connectivity index (χ0v) is 15.1. The van der Waals surface area contributed by atoms with E-state index in [0.717, 1.165) is 31.5 Å². The minimum atomic E-state index is -0.120. The molecule has 2 amide bonds. The van der Waals surface area contributed by atoms with Gasteiger partial charge in [-0.2, -0.15) is 0 Å². The van der Waals surface area contributed by atoms with Crippen molar-refractivity contribution in [2.45, 2.75) is 19.3 Å². The van der Waals surface area contributed by atoms with Crippen LogP contribution in [-0.2, 0) is 11.2 Å². The fourth-order valence-electron chi connectivity index (χ4n) is 3.39. The lowest BCUT2D eigenvalue weighted by molar-refractivity contribution is -0.115. The van der Waals surface area contributed by atoms with Crippen LogP contribution in [0.4, 0.5) is 5.69 Å². The van der Waals surface area contributed by atoms with Crippen LogP contribution in [0.3, 0.4) is 0 Å². The summed E-state index contributed by atoms with van der Waals surface area (Å²) in [4.78, 5) is 26.5. The maximum Gasteiger partial charge on any atom is 0.253 e. The van der Waals surface area contributed by atoms with Crippen molar-refractivity contribution >= 4 is 17.5 Å². The Hall–Kier alpha value is -3.02. The highest BCUT2D eigenvalue weighted by Crippen LogP contribution is 2.30. The molecule has 2 aliphatic rings. The fraction of sp³-hybridized carbons (Fsp3) is 0.333. The van der Waals surface area contributed by atoms with Gasteiger partial charge in [-0.1, -0.05) is 6.07 Å². The van der Waals surface area contributed by atoms with E-state index in [-0.39, 0.29) is 18.2 Å². The van der Waals surface area contributed by atoms with E-state index in [2.05, 4.69) is 5.32 Å². The van der Waals surface area contributed by atoms with Gasteiger partial charge in [-0.15, -0.1) is 0 Å². The molecule has 0 bridgehead atoms. The van der Waals surface area contributed by atoms with Gasteiger partial charge in [0.2, 0.25) is 5.91 Å². The van der Waals surface area contributed by atoms with Crippen molar-refractivity contribution in [2.75, 3.05) is 31.6 Å². The van der Waals surface area contributed by atoms with E-state index in [0.29, 0.717) is 36.0 Å². The predicted molar refractivity (Wildman–Crippen MR) is 101 cm³/mol. The van der Waals surface area contributed by atoms with Crippen molar-refractivity contribution in [1.29, 1.82) is 0 Å². The molecule has 2 aliphatic heterocycles. The van der Waals surface area contributed by atoms with Crippen LogP contribution in [0.2, 0.25) is 0 Å². The number of hydrogen-bond donors (Lipinski definition) is 1. The van der Waals surface area contributed by atoms with Crippen molar-refractivity contribution < 1.29 is 19.1 Å². The lowest BCUT2D eigenvalue weighted by atomic mass is 10.1. The quantitative estimate of drug-likeness (QED) is 0.904. The Labute approximate surface area is 158 Å². The zero-order chi connectivity index (χ0) is 18.6. The molecule has 6 nitrogen and oxygen atoms in total. The second kappa shape index (κ2) is 7.70. The number of likely N-dealkylation sites (tertiary alicyclic amines) is 1. The molecule has 0 spiro atoms. The van der Waals surface area contributed by atoms with Crippen molar-refractivity contribution in [3.63, 3.8) is 0 Å². The molecule has 0 atom stereocenters. The van der Waals surface area contributed by atoms with Gasteiger partial charge in [0.15, 0.2) is 11.5 Å². The molecule has 2 heterocycles. The summed E-state index contributed by atoms with van der Waals surface area (Å²) in [6.07, 6.45) is 2.38. The highest BCUT2D eigenvalue weighted by atomic mass is 16.6. The number of fused-ring (bicyclic) bond motifs is 1. The van der Waals surface area contributed by atoms with Crippen molar-refractivity contribution in [3.8, 4) is 11.5 Å². The normalized spacial score (nSPS) is 15.5. The topological polar surface area (TPSA) is 67.9 Å². The summed E-state index contributed by atoms with van der Waals surface area (Å²) in [6, 6.07) is 12.6. The molecule has 0 aliphatic carbocycles. The molecule has 2 aromatic carbocycles. The van der Waals surface area contributed by atoms with Crippen molar-refractivity contribution in [3.05, 3.63) is 53.6 Å². The first-order chi connectivity index (χ1) is 13.2. The van der Waals surface area contributed by atoms with Gasteiger partial charge >= 0.3 is 0 Å².